The molecule has 2 heterocycles. The van der Waals surface area contributed by atoms with Gasteiger partial charge in [-0.3, -0.25) is 29.0 Å². The number of benzene rings is 2. The minimum atomic E-state index is -0.456. The topological polar surface area (TPSA) is 74.8 Å². The maximum absolute atomic E-state index is 13.6. The summed E-state index contributed by atoms with van der Waals surface area (Å²) in [6.45, 7) is 3.93. The molecule has 2 aromatic carbocycles. The summed E-state index contributed by atoms with van der Waals surface area (Å²) >= 11 is 0. The third kappa shape index (κ3) is 2.26. The van der Waals surface area contributed by atoms with E-state index in [1.165, 1.54) is 9.80 Å². The fraction of sp³-hybridized carbons (Fsp3) is 0.357. The summed E-state index contributed by atoms with van der Waals surface area (Å²) in [5.41, 5.74) is 3.32. The molecule has 170 valence electrons. The number of anilines is 2. The summed E-state index contributed by atoms with van der Waals surface area (Å²) in [7, 11) is 0. The molecule has 6 heteroatoms. The predicted octanol–water partition coefficient (Wildman–Crippen LogP) is 3.28. The maximum atomic E-state index is 13.6. The van der Waals surface area contributed by atoms with E-state index in [0.29, 0.717) is 11.4 Å². The van der Waals surface area contributed by atoms with Gasteiger partial charge in [-0.1, -0.05) is 47.5 Å². The predicted molar refractivity (Wildman–Crippen MR) is 124 cm³/mol. The van der Waals surface area contributed by atoms with E-state index in [-0.39, 0.29) is 47.3 Å². The van der Waals surface area contributed by atoms with Crippen molar-refractivity contribution >= 4 is 35.0 Å². The Morgan fingerprint density at radius 3 is 1.18 bits per heavy atom. The first-order valence-electron chi connectivity index (χ1n) is 12.0. The van der Waals surface area contributed by atoms with Crippen molar-refractivity contribution in [1.29, 1.82) is 0 Å². The highest BCUT2D eigenvalue weighted by atomic mass is 16.2. The summed E-state index contributed by atoms with van der Waals surface area (Å²) in [6.07, 6.45) is 4.08. The van der Waals surface area contributed by atoms with Gasteiger partial charge in [0.25, 0.3) is 0 Å². The molecule has 8 atom stereocenters. The number of carbonyl (C=O) groups excluding carboxylic acids is 4. The molecule has 6 aliphatic rings. The zero-order valence-electron chi connectivity index (χ0n) is 18.9. The number of amides is 4. The van der Waals surface area contributed by atoms with E-state index in [0.717, 1.165) is 11.1 Å². The number of imide groups is 2. The van der Waals surface area contributed by atoms with Crippen LogP contribution in [0, 0.1) is 61.2 Å². The van der Waals surface area contributed by atoms with Gasteiger partial charge < -0.3 is 0 Å². The Kier molecular flexibility index (Phi) is 3.82. The number of hydrogen-bond acceptors (Lipinski definition) is 4. The second kappa shape index (κ2) is 6.53. The lowest BCUT2D eigenvalue weighted by atomic mass is 9.40. The Bertz CT molecular complexity index is 1250. The van der Waals surface area contributed by atoms with Gasteiger partial charge in [-0.2, -0.15) is 0 Å². The Hall–Kier alpha value is -3.54. The lowest BCUT2D eigenvalue weighted by Gasteiger charge is -2.60. The van der Waals surface area contributed by atoms with Crippen molar-refractivity contribution in [3.63, 3.8) is 0 Å². The molecule has 6 nitrogen and oxygen atoms in total. The average molecular weight is 453 g/mol. The van der Waals surface area contributed by atoms with Crippen LogP contribution in [0.5, 0.6) is 0 Å². The van der Waals surface area contributed by atoms with E-state index in [1.54, 1.807) is 0 Å². The molecule has 8 rings (SSSR count). The van der Waals surface area contributed by atoms with Crippen LogP contribution in [0.1, 0.15) is 11.1 Å². The second-order valence-corrected chi connectivity index (χ2v) is 10.5. The van der Waals surface area contributed by atoms with Crippen LogP contribution < -0.4 is 9.80 Å². The van der Waals surface area contributed by atoms with Gasteiger partial charge in [0.2, 0.25) is 23.6 Å². The van der Waals surface area contributed by atoms with Crippen molar-refractivity contribution in [1.82, 2.24) is 0 Å². The fourth-order valence-electron chi connectivity index (χ4n) is 7.50. The molecule has 0 radical (unpaired) electrons. The van der Waals surface area contributed by atoms with Crippen molar-refractivity contribution < 1.29 is 19.2 Å². The molecule has 2 aliphatic heterocycles. The minimum Gasteiger partial charge on any atom is -0.274 e. The molecule has 4 fully saturated rings. The molecule has 0 unspecified atom stereocenters. The van der Waals surface area contributed by atoms with Crippen molar-refractivity contribution in [2.24, 2.45) is 47.3 Å². The Morgan fingerprint density at radius 2 is 0.824 bits per heavy atom. The normalized spacial score (nSPS) is 37.1. The highest BCUT2D eigenvalue weighted by Crippen LogP contribution is 2.68. The van der Waals surface area contributed by atoms with Gasteiger partial charge >= 0.3 is 0 Å². The van der Waals surface area contributed by atoms with E-state index in [1.807, 2.05) is 74.5 Å². The van der Waals surface area contributed by atoms with Gasteiger partial charge in [0.05, 0.1) is 35.0 Å². The Labute approximate surface area is 197 Å². The smallest absolute Gasteiger partial charge is 0.238 e. The molecule has 0 aromatic heterocycles. The van der Waals surface area contributed by atoms with Crippen LogP contribution >= 0.6 is 0 Å². The van der Waals surface area contributed by atoms with Gasteiger partial charge in [0.1, 0.15) is 0 Å². The SMILES string of the molecule is Cc1ccc(N2C(=O)[C@@H]3[C@H]4C=C[C@H]([C@@H]3C2=O)[C@@H]2[C@@H]3C(=O)N(c5ccc(C)cc5)C(=O)[C@@H]3[C@@H]42)cc1. The number of carbonyl (C=O) groups is 4. The lowest BCUT2D eigenvalue weighted by molar-refractivity contribution is -0.166. The highest BCUT2D eigenvalue weighted by molar-refractivity contribution is 6.25. The van der Waals surface area contributed by atoms with Crippen LogP contribution in [0.4, 0.5) is 11.4 Å². The van der Waals surface area contributed by atoms with E-state index in [4.69, 9.17) is 0 Å². The van der Waals surface area contributed by atoms with Gasteiger partial charge in [-0.15, -0.1) is 0 Å². The zero-order chi connectivity index (χ0) is 23.5. The molecule has 2 saturated carbocycles. The fourth-order valence-corrected chi connectivity index (χ4v) is 7.50. The van der Waals surface area contributed by atoms with Crippen LogP contribution in [-0.4, -0.2) is 23.6 Å². The Morgan fingerprint density at radius 1 is 0.500 bits per heavy atom. The first kappa shape index (κ1) is 19.9. The lowest BCUT2D eigenvalue weighted by Crippen LogP contribution is -2.63. The van der Waals surface area contributed by atoms with Crippen LogP contribution in [0.15, 0.2) is 60.7 Å². The van der Waals surface area contributed by atoms with E-state index in [2.05, 4.69) is 0 Å². The Balaban J connectivity index is 1.25. The van der Waals surface area contributed by atoms with Gasteiger partial charge in [-0.25, -0.2) is 0 Å². The van der Waals surface area contributed by atoms with Crippen molar-refractivity contribution in [3.8, 4) is 0 Å². The summed E-state index contributed by atoms with van der Waals surface area (Å²) in [5, 5.41) is 0. The third-order valence-electron chi connectivity index (χ3n) is 8.93. The average Bonchev–Trinajstić information content (AvgIpc) is 3.19. The van der Waals surface area contributed by atoms with E-state index < -0.39 is 23.7 Å². The van der Waals surface area contributed by atoms with Crippen molar-refractivity contribution in [2.45, 2.75) is 13.8 Å². The van der Waals surface area contributed by atoms with Gasteiger partial charge in [0, 0.05) is 0 Å². The molecule has 2 saturated heterocycles. The number of fused-ring (bicyclic) bond motifs is 1. The zero-order valence-corrected chi connectivity index (χ0v) is 18.9. The third-order valence-corrected chi connectivity index (χ3v) is 8.93. The largest absolute Gasteiger partial charge is 0.274 e. The summed E-state index contributed by atoms with van der Waals surface area (Å²) in [4.78, 5) is 56.7. The summed E-state index contributed by atoms with van der Waals surface area (Å²) in [5.74, 6) is -2.92. The second-order valence-electron chi connectivity index (χ2n) is 10.5. The van der Waals surface area contributed by atoms with Crippen molar-refractivity contribution in [3.05, 3.63) is 71.8 Å². The number of rotatable bonds is 2. The highest BCUT2D eigenvalue weighted by Gasteiger charge is 2.75. The monoisotopic (exact) mass is 452 g/mol. The quantitative estimate of drug-likeness (QED) is 0.518. The standard InChI is InChI=1S/C28H24N2O4/c1-13-3-7-15(8-4-13)29-25(31)21-17-11-12-18(22(21)26(29)32)20-19(17)23-24(20)28(34)30(27(23)33)16-9-5-14(2)6-10-16/h3-12,17-24H,1-2H3/t17-,18-,19-,20-,21-,22+,23-,24+/m0/s1. The number of aryl methyl sites for hydroxylation is 2. The molecule has 4 aliphatic carbocycles. The van der Waals surface area contributed by atoms with E-state index in [9.17, 15) is 19.2 Å². The summed E-state index contributed by atoms with van der Waals surface area (Å²) in [6, 6.07) is 14.8. The summed E-state index contributed by atoms with van der Waals surface area (Å²) < 4.78 is 0. The number of allylic oxidation sites excluding steroid dienone is 2. The van der Waals surface area contributed by atoms with Crippen LogP contribution in [-0.2, 0) is 19.2 Å². The van der Waals surface area contributed by atoms with Crippen LogP contribution in [0.25, 0.3) is 0 Å². The molecule has 2 bridgehead atoms. The first-order chi connectivity index (χ1) is 16.4. The number of nitrogens with zero attached hydrogens (tertiary/aromatic N) is 2. The first-order valence-corrected chi connectivity index (χ1v) is 12.0. The molecular weight excluding hydrogens is 428 g/mol. The minimum absolute atomic E-state index is 0.0668. The molecule has 2 aromatic rings. The van der Waals surface area contributed by atoms with Crippen LogP contribution in [0.3, 0.4) is 0 Å². The van der Waals surface area contributed by atoms with Gasteiger partial charge in [-0.05, 0) is 61.8 Å². The molecule has 0 spiro atoms. The molecule has 34 heavy (non-hydrogen) atoms. The van der Waals surface area contributed by atoms with Crippen molar-refractivity contribution in [2.75, 3.05) is 9.80 Å². The molecule has 4 amide bonds. The number of hydrogen-bond donors (Lipinski definition) is 0. The van der Waals surface area contributed by atoms with E-state index >= 15 is 0 Å². The maximum Gasteiger partial charge on any atom is 0.238 e. The van der Waals surface area contributed by atoms with Crippen LogP contribution in [0.2, 0.25) is 0 Å². The molecular formula is C28H24N2O4. The molecule has 0 N–H and O–H groups in total. The van der Waals surface area contributed by atoms with Gasteiger partial charge in [0.15, 0.2) is 0 Å².